The molecule has 0 aliphatic rings. The molecule has 0 fully saturated rings. The van der Waals surface area contributed by atoms with Crippen molar-refractivity contribution < 1.29 is 4.39 Å². The Morgan fingerprint density at radius 3 is 2.40 bits per heavy atom. The molecule has 5 heavy (non-hydrogen) atoms. The molecule has 0 bridgehead atoms. The van der Waals surface area contributed by atoms with Crippen LogP contribution in [0.4, 0.5) is 4.39 Å². The van der Waals surface area contributed by atoms with Crippen molar-refractivity contribution in [3.05, 3.63) is 12.4 Å². The zero-order chi connectivity index (χ0) is 4.12. The fourth-order valence-corrected chi connectivity index (χ4v) is 0.175. The molecule has 0 aromatic heterocycles. The Morgan fingerprint density at radius 2 is 2.40 bits per heavy atom. The number of hydrogen-bond acceptors (Lipinski definition) is 0. The van der Waals surface area contributed by atoms with E-state index >= 15 is 0 Å². The summed E-state index contributed by atoms with van der Waals surface area (Å²) in [4.78, 5) is 0. The second-order valence-corrected chi connectivity index (χ2v) is 1.16. The maximum absolute atomic E-state index is 10.8. The molecular weight excluding hydrogens is 135 g/mol. The van der Waals surface area contributed by atoms with E-state index in [0.29, 0.717) is 11.7 Å². The van der Waals surface area contributed by atoms with Crippen LogP contribution in [0.5, 0.6) is 0 Å². The Bertz CT molecular complexity index is 33.9. The second kappa shape index (κ2) is 4.15. The molecular formula is C3H4BrF. The molecule has 0 radical (unpaired) electrons. The van der Waals surface area contributed by atoms with Crippen molar-refractivity contribution in [3.63, 3.8) is 0 Å². The fraction of sp³-hybridized carbons (Fsp3) is 0.333. The van der Waals surface area contributed by atoms with Crippen LogP contribution in [0.1, 0.15) is 0 Å². The lowest BCUT2D eigenvalue weighted by molar-refractivity contribution is 0.720. The lowest BCUT2D eigenvalue weighted by atomic mass is 10.8. The molecule has 0 saturated carbocycles. The first-order valence-electron chi connectivity index (χ1n) is 1.23. The molecule has 0 amide bonds. The van der Waals surface area contributed by atoms with Gasteiger partial charge in [0.2, 0.25) is 0 Å². The molecule has 2 heteroatoms. The van der Waals surface area contributed by atoms with Crippen LogP contribution in [0.15, 0.2) is 12.4 Å². The summed E-state index contributed by atoms with van der Waals surface area (Å²) in [6, 6.07) is 0. The van der Waals surface area contributed by atoms with Gasteiger partial charge in [0.1, 0.15) is 0 Å². The minimum atomic E-state index is 0.509. The van der Waals surface area contributed by atoms with Crippen LogP contribution in [0.2, 0.25) is 0 Å². The van der Waals surface area contributed by atoms with E-state index in [0.717, 1.165) is 0 Å². The molecule has 0 rings (SSSR count). The van der Waals surface area contributed by atoms with Crippen LogP contribution < -0.4 is 0 Å². The predicted octanol–water partition coefficient (Wildman–Crippen LogP) is 1.86. The molecule has 0 N–H and O–H groups in total. The van der Waals surface area contributed by atoms with Crippen LogP contribution in [-0.4, -0.2) is 5.33 Å². The number of halogens is 2. The molecule has 0 spiro atoms. The standard InChI is InChI=1S/C3H4BrF/c4-2-1-3-5/h1,3H,2H2/b3-1+. The molecule has 0 atom stereocenters. The first-order valence-corrected chi connectivity index (χ1v) is 2.35. The Hall–Kier alpha value is 0.150. The maximum atomic E-state index is 10.8. The SMILES string of the molecule is F/C=C/CBr. The van der Waals surface area contributed by atoms with Crippen LogP contribution in [-0.2, 0) is 0 Å². The normalized spacial score (nSPS) is 10.0. The van der Waals surface area contributed by atoms with Gasteiger partial charge in [0.15, 0.2) is 0 Å². The molecule has 0 aromatic rings. The smallest absolute Gasteiger partial charge is 0.0835 e. The van der Waals surface area contributed by atoms with E-state index < -0.39 is 0 Å². The summed E-state index contributed by atoms with van der Waals surface area (Å²) in [7, 11) is 0. The summed E-state index contributed by atoms with van der Waals surface area (Å²) in [5.41, 5.74) is 0. The van der Waals surface area contributed by atoms with E-state index in [-0.39, 0.29) is 0 Å². The van der Waals surface area contributed by atoms with Crippen LogP contribution in [0.3, 0.4) is 0 Å². The van der Waals surface area contributed by atoms with Gasteiger partial charge in [-0.05, 0) is 6.08 Å². The quantitative estimate of drug-likeness (QED) is 0.486. The lowest BCUT2D eigenvalue weighted by Gasteiger charge is -1.60. The third-order valence-electron chi connectivity index (χ3n) is 0.178. The van der Waals surface area contributed by atoms with Gasteiger partial charge in [-0.25, -0.2) is 4.39 Å². The highest BCUT2D eigenvalue weighted by Crippen LogP contribution is 1.79. The van der Waals surface area contributed by atoms with Gasteiger partial charge < -0.3 is 0 Å². The number of rotatable bonds is 1. The average Bonchev–Trinajstić information content (AvgIpc) is 1.41. The van der Waals surface area contributed by atoms with Crippen LogP contribution in [0, 0.1) is 0 Å². The van der Waals surface area contributed by atoms with E-state index in [1.807, 2.05) is 0 Å². The van der Waals surface area contributed by atoms with E-state index in [1.165, 1.54) is 6.08 Å². The number of alkyl halides is 1. The predicted molar refractivity (Wildman–Crippen MR) is 24.0 cm³/mol. The van der Waals surface area contributed by atoms with Crippen molar-refractivity contribution in [1.29, 1.82) is 0 Å². The summed E-state index contributed by atoms with van der Waals surface area (Å²) in [5, 5.41) is 0.601. The first kappa shape index (κ1) is 5.15. The Morgan fingerprint density at radius 1 is 1.80 bits per heavy atom. The van der Waals surface area contributed by atoms with Gasteiger partial charge in [0, 0.05) is 5.33 Å². The van der Waals surface area contributed by atoms with Crippen molar-refractivity contribution in [1.82, 2.24) is 0 Å². The molecule has 0 aromatic carbocycles. The molecule has 0 heterocycles. The summed E-state index contributed by atoms with van der Waals surface area (Å²) in [6.45, 7) is 0. The van der Waals surface area contributed by atoms with Crippen molar-refractivity contribution in [2.75, 3.05) is 5.33 Å². The molecule has 0 aliphatic heterocycles. The fourth-order valence-electron chi connectivity index (χ4n) is 0.0337. The number of allylic oxidation sites excluding steroid dienone is 1. The Balaban J connectivity index is 2.62. The summed E-state index contributed by atoms with van der Waals surface area (Å²) < 4.78 is 10.8. The highest BCUT2D eigenvalue weighted by molar-refractivity contribution is 9.09. The van der Waals surface area contributed by atoms with Crippen molar-refractivity contribution in [2.45, 2.75) is 0 Å². The minimum absolute atomic E-state index is 0.509. The number of hydrogen-bond donors (Lipinski definition) is 0. The summed E-state index contributed by atoms with van der Waals surface area (Å²) in [6.07, 6.45) is 1.88. The maximum Gasteiger partial charge on any atom is 0.0835 e. The Kier molecular flexibility index (Phi) is 4.27. The lowest BCUT2D eigenvalue weighted by Crippen LogP contribution is -1.48. The topological polar surface area (TPSA) is 0 Å². The van der Waals surface area contributed by atoms with E-state index in [1.54, 1.807) is 0 Å². The molecule has 0 unspecified atom stereocenters. The zero-order valence-corrected chi connectivity index (χ0v) is 4.20. The first-order chi connectivity index (χ1) is 2.41. The van der Waals surface area contributed by atoms with Crippen molar-refractivity contribution in [3.8, 4) is 0 Å². The van der Waals surface area contributed by atoms with E-state index in [4.69, 9.17) is 0 Å². The van der Waals surface area contributed by atoms with Crippen LogP contribution in [0.25, 0.3) is 0 Å². The summed E-state index contributed by atoms with van der Waals surface area (Å²) >= 11 is 2.98. The van der Waals surface area contributed by atoms with Crippen molar-refractivity contribution >= 4 is 15.9 Å². The van der Waals surface area contributed by atoms with E-state index in [9.17, 15) is 4.39 Å². The highest BCUT2D eigenvalue weighted by Gasteiger charge is 1.57. The molecule has 0 nitrogen and oxygen atoms in total. The molecule has 0 aliphatic carbocycles. The third-order valence-corrected chi connectivity index (χ3v) is 0.552. The second-order valence-electron chi connectivity index (χ2n) is 0.516. The summed E-state index contributed by atoms with van der Waals surface area (Å²) in [5.74, 6) is 0. The largest absolute Gasteiger partial charge is 0.216 e. The van der Waals surface area contributed by atoms with E-state index in [2.05, 4.69) is 15.9 Å². The van der Waals surface area contributed by atoms with Crippen LogP contribution >= 0.6 is 15.9 Å². The molecule has 0 saturated heterocycles. The van der Waals surface area contributed by atoms with Crippen molar-refractivity contribution in [2.24, 2.45) is 0 Å². The highest BCUT2D eigenvalue weighted by atomic mass is 79.9. The average molecular weight is 139 g/mol. The van der Waals surface area contributed by atoms with Gasteiger partial charge >= 0.3 is 0 Å². The zero-order valence-electron chi connectivity index (χ0n) is 2.62. The van der Waals surface area contributed by atoms with Gasteiger partial charge in [0.25, 0.3) is 0 Å². The minimum Gasteiger partial charge on any atom is -0.216 e. The Labute approximate surface area is 38.8 Å². The van der Waals surface area contributed by atoms with Gasteiger partial charge in [-0.15, -0.1) is 0 Å². The molecule has 30 valence electrons. The van der Waals surface area contributed by atoms with Gasteiger partial charge in [-0.1, -0.05) is 15.9 Å². The van der Waals surface area contributed by atoms with Gasteiger partial charge in [-0.3, -0.25) is 0 Å². The van der Waals surface area contributed by atoms with Gasteiger partial charge in [0.05, 0.1) is 6.33 Å². The third kappa shape index (κ3) is 4.15. The monoisotopic (exact) mass is 138 g/mol. The van der Waals surface area contributed by atoms with Gasteiger partial charge in [-0.2, -0.15) is 0 Å².